The Labute approximate surface area is 148 Å². The van der Waals surface area contributed by atoms with E-state index in [1.807, 2.05) is 16.8 Å². The van der Waals surface area contributed by atoms with Crippen molar-refractivity contribution in [3.05, 3.63) is 11.9 Å². The van der Waals surface area contributed by atoms with Crippen LogP contribution in [0.3, 0.4) is 0 Å². The lowest BCUT2D eigenvalue weighted by molar-refractivity contribution is -0.132. The molecule has 0 radical (unpaired) electrons. The standard InChI is InChI=1S/C17H27N7O/c1-22-10-15(25)24(13-2-5-19-8-13)9-14-16(22)20-11-21-17(14)23-6-3-12(18)4-7-23/h11-13,19H,2-10,18H2,1H3. The minimum Gasteiger partial charge on any atom is -0.356 e. The SMILES string of the molecule is CN1CC(=O)N(C2CCNC2)Cc2c1ncnc2N1CCC(N)CC1. The minimum absolute atomic E-state index is 0.167. The number of nitrogens with one attached hydrogen (secondary N) is 1. The number of carbonyl (C=O) groups is 1. The third kappa shape index (κ3) is 3.16. The molecule has 0 aliphatic carbocycles. The van der Waals surface area contributed by atoms with Gasteiger partial charge in [-0.25, -0.2) is 9.97 Å². The average Bonchev–Trinajstić information content (AvgIpc) is 3.10. The van der Waals surface area contributed by atoms with E-state index in [-0.39, 0.29) is 18.0 Å². The fourth-order valence-electron chi connectivity index (χ4n) is 4.11. The number of hydrogen-bond donors (Lipinski definition) is 2. The molecular formula is C17H27N7O. The molecule has 0 aromatic carbocycles. The average molecular weight is 345 g/mol. The largest absolute Gasteiger partial charge is 0.356 e. The molecule has 0 saturated carbocycles. The van der Waals surface area contributed by atoms with Gasteiger partial charge in [-0.2, -0.15) is 0 Å². The highest BCUT2D eigenvalue weighted by Gasteiger charge is 2.34. The van der Waals surface area contributed by atoms with Gasteiger partial charge in [0.15, 0.2) is 0 Å². The number of nitrogens with zero attached hydrogens (tertiary/aromatic N) is 5. The van der Waals surface area contributed by atoms with Crippen LogP contribution in [0.25, 0.3) is 0 Å². The molecule has 25 heavy (non-hydrogen) atoms. The Bertz CT molecular complexity index is 638. The van der Waals surface area contributed by atoms with Crippen LogP contribution < -0.4 is 20.9 Å². The number of nitrogens with two attached hydrogens (primary N) is 1. The highest BCUT2D eigenvalue weighted by molar-refractivity contribution is 5.84. The molecule has 1 aromatic heterocycles. The third-order valence-electron chi connectivity index (χ3n) is 5.60. The van der Waals surface area contributed by atoms with Crippen LogP contribution in [0.5, 0.6) is 0 Å². The monoisotopic (exact) mass is 345 g/mol. The summed E-state index contributed by atoms with van der Waals surface area (Å²) in [7, 11) is 1.94. The lowest BCUT2D eigenvalue weighted by Crippen LogP contribution is -2.44. The van der Waals surface area contributed by atoms with E-state index in [0.29, 0.717) is 13.1 Å². The molecule has 2 fully saturated rings. The normalized spacial score (nSPS) is 25.3. The Balaban J connectivity index is 1.68. The Morgan fingerprint density at radius 1 is 1.16 bits per heavy atom. The number of amides is 1. The molecule has 0 spiro atoms. The maximum absolute atomic E-state index is 12.8. The molecule has 1 unspecified atom stereocenters. The predicted octanol–water partition coefficient (Wildman–Crippen LogP) is -0.456. The van der Waals surface area contributed by atoms with Crippen LogP contribution in [0.1, 0.15) is 24.8 Å². The Kier molecular flexibility index (Phi) is 4.47. The zero-order chi connectivity index (χ0) is 17.4. The molecule has 1 amide bonds. The number of rotatable bonds is 2. The summed E-state index contributed by atoms with van der Waals surface area (Å²) >= 11 is 0. The van der Waals surface area contributed by atoms with Gasteiger partial charge in [-0.15, -0.1) is 0 Å². The number of anilines is 2. The fourth-order valence-corrected chi connectivity index (χ4v) is 4.11. The van der Waals surface area contributed by atoms with Crippen LogP contribution >= 0.6 is 0 Å². The van der Waals surface area contributed by atoms with Gasteiger partial charge in [0.25, 0.3) is 0 Å². The van der Waals surface area contributed by atoms with Gasteiger partial charge >= 0.3 is 0 Å². The first-order chi connectivity index (χ1) is 12.1. The first-order valence-electron chi connectivity index (χ1n) is 9.19. The number of likely N-dealkylation sites (N-methyl/N-ethyl adjacent to an activating group) is 1. The zero-order valence-corrected chi connectivity index (χ0v) is 14.8. The second-order valence-electron chi connectivity index (χ2n) is 7.35. The van der Waals surface area contributed by atoms with E-state index in [9.17, 15) is 4.79 Å². The lowest BCUT2D eigenvalue weighted by atomic mass is 10.1. The molecule has 4 rings (SSSR count). The summed E-state index contributed by atoms with van der Waals surface area (Å²) in [6.07, 6.45) is 4.58. The Hall–Kier alpha value is -1.93. The first kappa shape index (κ1) is 16.5. The van der Waals surface area contributed by atoms with Crippen molar-refractivity contribution in [3.8, 4) is 0 Å². The second kappa shape index (κ2) is 6.76. The first-order valence-corrected chi connectivity index (χ1v) is 9.19. The van der Waals surface area contributed by atoms with Crippen molar-refractivity contribution in [2.75, 3.05) is 49.6 Å². The van der Waals surface area contributed by atoms with Crippen molar-refractivity contribution in [3.63, 3.8) is 0 Å². The number of hydrogen-bond acceptors (Lipinski definition) is 7. The van der Waals surface area contributed by atoms with Gasteiger partial charge in [0.05, 0.1) is 18.7 Å². The van der Waals surface area contributed by atoms with Crippen LogP contribution in [-0.2, 0) is 11.3 Å². The second-order valence-corrected chi connectivity index (χ2v) is 7.35. The smallest absolute Gasteiger partial charge is 0.242 e. The van der Waals surface area contributed by atoms with Crippen LogP contribution in [0, 0.1) is 0 Å². The van der Waals surface area contributed by atoms with Gasteiger partial charge in [-0.3, -0.25) is 4.79 Å². The van der Waals surface area contributed by atoms with Crippen molar-refractivity contribution in [1.82, 2.24) is 20.2 Å². The molecule has 0 bridgehead atoms. The zero-order valence-electron chi connectivity index (χ0n) is 14.8. The minimum atomic E-state index is 0.167. The van der Waals surface area contributed by atoms with Crippen LogP contribution in [-0.4, -0.2) is 72.6 Å². The van der Waals surface area contributed by atoms with Crippen LogP contribution in [0.4, 0.5) is 11.6 Å². The number of carbonyl (C=O) groups excluding carboxylic acids is 1. The highest BCUT2D eigenvalue weighted by atomic mass is 16.2. The van der Waals surface area contributed by atoms with E-state index < -0.39 is 0 Å². The molecule has 4 heterocycles. The van der Waals surface area contributed by atoms with E-state index in [2.05, 4.69) is 20.2 Å². The number of aromatic nitrogens is 2. The van der Waals surface area contributed by atoms with Gasteiger partial charge in [0, 0.05) is 38.8 Å². The maximum atomic E-state index is 12.8. The Morgan fingerprint density at radius 2 is 1.92 bits per heavy atom. The van der Waals surface area contributed by atoms with Crippen molar-refractivity contribution in [2.24, 2.45) is 5.73 Å². The third-order valence-corrected chi connectivity index (χ3v) is 5.60. The molecule has 3 aliphatic heterocycles. The molecule has 2 saturated heterocycles. The van der Waals surface area contributed by atoms with E-state index in [1.165, 1.54) is 0 Å². The van der Waals surface area contributed by atoms with Crippen molar-refractivity contribution in [1.29, 1.82) is 0 Å². The van der Waals surface area contributed by atoms with Crippen LogP contribution in [0.2, 0.25) is 0 Å². The Morgan fingerprint density at radius 3 is 2.64 bits per heavy atom. The molecule has 1 aromatic rings. The summed E-state index contributed by atoms with van der Waals surface area (Å²) in [5.74, 6) is 2.01. The summed E-state index contributed by atoms with van der Waals surface area (Å²) in [6, 6.07) is 0.539. The summed E-state index contributed by atoms with van der Waals surface area (Å²) in [6.45, 7) is 4.61. The van der Waals surface area contributed by atoms with Crippen molar-refractivity contribution < 1.29 is 4.79 Å². The van der Waals surface area contributed by atoms with Gasteiger partial charge in [0.1, 0.15) is 18.0 Å². The quantitative estimate of drug-likeness (QED) is 0.750. The van der Waals surface area contributed by atoms with Crippen molar-refractivity contribution in [2.45, 2.75) is 37.9 Å². The highest BCUT2D eigenvalue weighted by Crippen LogP contribution is 2.32. The van der Waals surface area contributed by atoms with Gasteiger partial charge < -0.3 is 25.8 Å². The maximum Gasteiger partial charge on any atom is 0.242 e. The van der Waals surface area contributed by atoms with Crippen LogP contribution in [0.15, 0.2) is 6.33 Å². The molecule has 1 atom stereocenters. The molecule has 136 valence electrons. The summed E-state index contributed by atoms with van der Waals surface area (Å²) in [5.41, 5.74) is 7.12. The van der Waals surface area contributed by atoms with Gasteiger partial charge in [-0.1, -0.05) is 0 Å². The topological polar surface area (TPSA) is 90.6 Å². The summed E-state index contributed by atoms with van der Waals surface area (Å²) < 4.78 is 0. The summed E-state index contributed by atoms with van der Waals surface area (Å²) in [5, 5.41) is 3.37. The molecule has 3 N–H and O–H groups in total. The number of piperidine rings is 1. The molecular weight excluding hydrogens is 318 g/mol. The van der Waals surface area contributed by atoms with Gasteiger partial charge in [0.2, 0.25) is 5.91 Å². The number of fused-ring (bicyclic) bond motifs is 1. The van der Waals surface area contributed by atoms with E-state index in [0.717, 1.165) is 62.6 Å². The van der Waals surface area contributed by atoms with E-state index in [1.54, 1.807) is 6.33 Å². The molecule has 3 aliphatic rings. The lowest BCUT2D eigenvalue weighted by Gasteiger charge is -2.33. The summed E-state index contributed by atoms with van der Waals surface area (Å²) in [4.78, 5) is 28.2. The van der Waals surface area contributed by atoms with E-state index >= 15 is 0 Å². The molecule has 8 nitrogen and oxygen atoms in total. The van der Waals surface area contributed by atoms with E-state index in [4.69, 9.17) is 5.73 Å². The van der Waals surface area contributed by atoms with Gasteiger partial charge in [-0.05, 0) is 25.8 Å². The molecule has 8 heteroatoms. The predicted molar refractivity (Wildman–Crippen MR) is 96.5 cm³/mol. The fraction of sp³-hybridized carbons (Fsp3) is 0.706. The van der Waals surface area contributed by atoms with Crippen molar-refractivity contribution >= 4 is 17.5 Å².